The molecule has 1 saturated heterocycles. The SMILES string of the molecule is O=c1[nH]c(CSc2nncn2C2CCNCC2)nc2ccccc12. The highest BCUT2D eigenvalue weighted by Crippen LogP contribution is 2.26. The molecule has 8 heteroatoms. The Morgan fingerprint density at radius 1 is 1.25 bits per heavy atom. The molecule has 4 rings (SSSR count). The van der Waals surface area contributed by atoms with Gasteiger partial charge in [-0.3, -0.25) is 4.79 Å². The van der Waals surface area contributed by atoms with Crippen molar-refractivity contribution in [2.24, 2.45) is 0 Å². The smallest absolute Gasteiger partial charge is 0.258 e. The quantitative estimate of drug-likeness (QED) is 0.702. The maximum absolute atomic E-state index is 12.1. The fraction of sp³-hybridized carbons (Fsp3) is 0.375. The van der Waals surface area contributed by atoms with Crippen LogP contribution in [-0.4, -0.2) is 37.8 Å². The number of rotatable bonds is 4. The lowest BCUT2D eigenvalue weighted by molar-refractivity contribution is 0.350. The van der Waals surface area contributed by atoms with Gasteiger partial charge in [-0.2, -0.15) is 0 Å². The number of aromatic amines is 1. The Hall–Kier alpha value is -2.19. The van der Waals surface area contributed by atoms with E-state index in [2.05, 4.69) is 30.0 Å². The second-order valence-electron chi connectivity index (χ2n) is 5.82. The molecule has 0 saturated carbocycles. The van der Waals surface area contributed by atoms with Crippen molar-refractivity contribution in [2.75, 3.05) is 13.1 Å². The molecule has 1 aromatic carbocycles. The summed E-state index contributed by atoms with van der Waals surface area (Å²) in [5, 5.41) is 13.1. The van der Waals surface area contributed by atoms with Gasteiger partial charge in [-0.05, 0) is 38.1 Å². The number of H-pyrrole nitrogens is 1. The Kier molecular flexibility index (Phi) is 4.31. The fourth-order valence-electron chi connectivity index (χ4n) is 3.01. The first-order valence-electron chi connectivity index (χ1n) is 8.02. The van der Waals surface area contributed by atoms with Gasteiger partial charge in [-0.1, -0.05) is 23.9 Å². The van der Waals surface area contributed by atoms with Crippen molar-refractivity contribution in [1.29, 1.82) is 0 Å². The summed E-state index contributed by atoms with van der Waals surface area (Å²) in [4.78, 5) is 19.5. The Morgan fingerprint density at radius 3 is 2.96 bits per heavy atom. The Morgan fingerprint density at radius 2 is 2.08 bits per heavy atom. The molecule has 7 nitrogen and oxygen atoms in total. The number of nitrogens with one attached hydrogen (secondary N) is 2. The normalized spacial score (nSPS) is 15.8. The Bertz CT molecular complexity index is 899. The van der Waals surface area contributed by atoms with Crippen LogP contribution in [0, 0.1) is 0 Å². The average Bonchev–Trinajstić information content (AvgIpc) is 3.09. The molecule has 3 heterocycles. The molecule has 24 heavy (non-hydrogen) atoms. The van der Waals surface area contributed by atoms with E-state index in [1.807, 2.05) is 18.2 Å². The molecule has 124 valence electrons. The minimum absolute atomic E-state index is 0.101. The molecule has 0 spiro atoms. The van der Waals surface area contributed by atoms with Crippen LogP contribution >= 0.6 is 11.8 Å². The van der Waals surface area contributed by atoms with Crippen LogP contribution in [0.15, 0.2) is 40.5 Å². The van der Waals surface area contributed by atoms with E-state index in [-0.39, 0.29) is 5.56 Å². The van der Waals surface area contributed by atoms with Gasteiger partial charge in [0, 0.05) is 6.04 Å². The van der Waals surface area contributed by atoms with Crippen molar-refractivity contribution in [3.05, 3.63) is 46.8 Å². The fourth-order valence-corrected chi connectivity index (χ4v) is 3.86. The summed E-state index contributed by atoms with van der Waals surface area (Å²) in [6, 6.07) is 7.81. The molecule has 0 unspecified atom stereocenters. The number of thioether (sulfide) groups is 1. The second kappa shape index (κ2) is 6.74. The summed E-state index contributed by atoms with van der Waals surface area (Å²) >= 11 is 1.55. The number of piperidine rings is 1. The highest BCUT2D eigenvalue weighted by Gasteiger charge is 2.18. The zero-order valence-corrected chi connectivity index (χ0v) is 13.9. The molecular weight excluding hydrogens is 324 g/mol. The lowest BCUT2D eigenvalue weighted by Gasteiger charge is -2.24. The van der Waals surface area contributed by atoms with Crippen LogP contribution < -0.4 is 10.9 Å². The van der Waals surface area contributed by atoms with Crippen LogP contribution in [0.3, 0.4) is 0 Å². The zero-order valence-electron chi connectivity index (χ0n) is 13.1. The van der Waals surface area contributed by atoms with Gasteiger partial charge in [0.1, 0.15) is 12.2 Å². The van der Waals surface area contributed by atoms with E-state index < -0.39 is 0 Å². The van der Waals surface area contributed by atoms with Crippen LogP contribution in [0.4, 0.5) is 0 Å². The van der Waals surface area contributed by atoms with Gasteiger partial charge < -0.3 is 14.9 Å². The van der Waals surface area contributed by atoms with Crippen molar-refractivity contribution < 1.29 is 0 Å². The zero-order chi connectivity index (χ0) is 16.4. The van der Waals surface area contributed by atoms with E-state index in [9.17, 15) is 4.79 Å². The topological polar surface area (TPSA) is 88.5 Å². The molecule has 3 aromatic rings. The molecule has 1 fully saturated rings. The predicted molar refractivity (Wildman–Crippen MR) is 93.1 cm³/mol. The summed E-state index contributed by atoms with van der Waals surface area (Å²) < 4.78 is 2.14. The highest BCUT2D eigenvalue weighted by atomic mass is 32.2. The molecule has 2 aromatic heterocycles. The molecule has 0 radical (unpaired) electrons. The third-order valence-corrected chi connectivity index (χ3v) is 5.21. The van der Waals surface area contributed by atoms with E-state index in [1.54, 1.807) is 24.2 Å². The van der Waals surface area contributed by atoms with Gasteiger partial charge in [-0.25, -0.2) is 4.98 Å². The van der Waals surface area contributed by atoms with Gasteiger partial charge in [0.05, 0.1) is 16.7 Å². The van der Waals surface area contributed by atoms with Crippen molar-refractivity contribution >= 4 is 22.7 Å². The number of fused-ring (bicyclic) bond motifs is 1. The Labute approximate surface area is 142 Å². The third kappa shape index (κ3) is 3.07. The summed E-state index contributed by atoms with van der Waals surface area (Å²) in [7, 11) is 0. The lowest BCUT2D eigenvalue weighted by Crippen LogP contribution is -2.29. The molecule has 0 atom stereocenters. The minimum atomic E-state index is -0.101. The number of hydrogen-bond donors (Lipinski definition) is 2. The first kappa shape index (κ1) is 15.3. The maximum Gasteiger partial charge on any atom is 0.258 e. The molecule has 1 aliphatic rings. The van der Waals surface area contributed by atoms with Gasteiger partial charge in [-0.15, -0.1) is 10.2 Å². The molecule has 0 bridgehead atoms. The van der Waals surface area contributed by atoms with Crippen LogP contribution in [-0.2, 0) is 5.75 Å². The van der Waals surface area contributed by atoms with Crippen LogP contribution in [0.2, 0.25) is 0 Å². The van der Waals surface area contributed by atoms with E-state index in [0.29, 0.717) is 23.0 Å². The highest BCUT2D eigenvalue weighted by molar-refractivity contribution is 7.98. The first-order chi connectivity index (χ1) is 11.8. The van der Waals surface area contributed by atoms with Crippen LogP contribution in [0.25, 0.3) is 10.9 Å². The van der Waals surface area contributed by atoms with Crippen molar-refractivity contribution in [1.82, 2.24) is 30.0 Å². The third-order valence-electron chi connectivity index (χ3n) is 4.24. The standard InChI is InChI=1S/C16H18N6OS/c23-15-12-3-1-2-4-13(12)19-14(20-15)9-24-16-21-18-10-22(16)11-5-7-17-8-6-11/h1-4,10-11,17H,5-9H2,(H,19,20,23). The number of hydrogen-bond acceptors (Lipinski definition) is 6. The molecular formula is C16H18N6OS. The molecule has 1 aliphatic heterocycles. The molecule has 0 amide bonds. The monoisotopic (exact) mass is 342 g/mol. The van der Waals surface area contributed by atoms with Crippen molar-refractivity contribution in [3.63, 3.8) is 0 Å². The Balaban J connectivity index is 1.53. The van der Waals surface area contributed by atoms with Crippen LogP contribution in [0.5, 0.6) is 0 Å². The van der Waals surface area contributed by atoms with Gasteiger partial charge in [0.15, 0.2) is 5.16 Å². The van der Waals surface area contributed by atoms with E-state index in [1.165, 1.54) is 0 Å². The van der Waals surface area contributed by atoms with E-state index in [0.717, 1.165) is 36.6 Å². The number of para-hydroxylation sites is 1. The summed E-state index contributed by atoms with van der Waals surface area (Å²) in [5.41, 5.74) is 0.618. The molecule has 0 aliphatic carbocycles. The van der Waals surface area contributed by atoms with Crippen molar-refractivity contribution in [3.8, 4) is 0 Å². The molecule has 2 N–H and O–H groups in total. The van der Waals surface area contributed by atoms with Gasteiger partial charge in [0.25, 0.3) is 5.56 Å². The van der Waals surface area contributed by atoms with Gasteiger partial charge in [0.2, 0.25) is 0 Å². The predicted octanol–water partition coefficient (Wildman–Crippen LogP) is 1.73. The lowest BCUT2D eigenvalue weighted by atomic mass is 10.1. The largest absolute Gasteiger partial charge is 0.317 e. The summed E-state index contributed by atoms with van der Waals surface area (Å²) in [6.07, 6.45) is 3.96. The second-order valence-corrected chi connectivity index (χ2v) is 6.76. The summed E-state index contributed by atoms with van der Waals surface area (Å²) in [6.45, 7) is 2.04. The van der Waals surface area contributed by atoms with E-state index >= 15 is 0 Å². The number of aromatic nitrogens is 5. The summed E-state index contributed by atoms with van der Waals surface area (Å²) in [5.74, 6) is 1.22. The maximum atomic E-state index is 12.1. The first-order valence-corrected chi connectivity index (χ1v) is 9.01. The van der Waals surface area contributed by atoms with Crippen LogP contribution in [0.1, 0.15) is 24.7 Å². The number of benzene rings is 1. The van der Waals surface area contributed by atoms with Gasteiger partial charge >= 0.3 is 0 Å². The minimum Gasteiger partial charge on any atom is -0.317 e. The van der Waals surface area contributed by atoms with Crippen molar-refractivity contribution in [2.45, 2.75) is 29.8 Å². The average molecular weight is 342 g/mol. The number of nitrogens with zero attached hydrogens (tertiary/aromatic N) is 4. The van der Waals surface area contributed by atoms with E-state index in [4.69, 9.17) is 0 Å².